The maximum absolute atomic E-state index is 3.59. The van der Waals surface area contributed by atoms with Crippen LogP contribution in [0.25, 0.3) is 0 Å². The summed E-state index contributed by atoms with van der Waals surface area (Å²) in [5.41, 5.74) is 0.806. The predicted molar refractivity (Wildman–Crippen MR) is 72.1 cm³/mol. The minimum atomic E-state index is 0.644. The zero-order chi connectivity index (χ0) is 11.9. The Bertz CT molecular complexity index is 266. The Morgan fingerprint density at radius 1 is 1.24 bits per heavy atom. The number of nitrogens with one attached hydrogen (secondary N) is 1. The second-order valence-electron chi connectivity index (χ2n) is 7.09. The lowest BCUT2D eigenvalue weighted by Crippen LogP contribution is -2.33. The van der Waals surface area contributed by atoms with Crippen molar-refractivity contribution in [2.45, 2.75) is 52.0 Å². The van der Waals surface area contributed by atoms with Crippen molar-refractivity contribution in [1.29, 1.82) is 0 Å². The van der Waals surface area contributed by atoms with E-state index < -0.39 is 0 Å². The van der Waals surface area contributed by atoms with Gasteiger partial charge in [-0.1, -0.05) is 13.8 Å². The van der Waals surface area contributed by atoms with Gasteiger partial charge in [0.25, 0.3) is 0 Å². The van der Waals surface area contributed by atoms with Gasteiger partial charge in [-0.25, -0.2) is 0 Å². The average Bonchev–Trinajstić information content (AvgIpc) is 3.15. The molecule has 0 aromatic heterocycles. The summed E-state index contributed by atoms with van der Waals surface area (Å²) in [6.07, 6.45) is 7.55. The van der Waals surface area contributed by atoms with Gasteiger partial charge in [0.2, 0.25) is 0 Å². The molecule has 1 aliphatic heterocycles. The molecular formula is C15H28N2. The van der Waals surface area contributed by atoms with E-state index in [1.165, 1.54) is 58.3 Å². The van der Waals surface area contributed by atoms with E-state index in [-0.39, 0.29) is 0 Å². The zero-order valence-electron chi connectivity index (χ0n) is 11.5. The molecule has 0 aromatic rings. The number of nitrogens with zero attached hydrogens (tertiary/aromatic N) is 1. The Kier molecular flexibility index (Phi) is 3.20. The topological polar surface area (TPSA) is 15.3 Å². The molecule has 2 nitrogen and oxygen atoms in total. The molecule has 1 saturated heterocycles. The lowest BCUT2D eigenvalue weighted by atomic mass is 10.00. The highest BCUT2D eigenvalue weighted by molar-refractivity contribution is 5.06. The largest absolute Gasteiger partial charge is 0.314 e. The maximum atomic E-state index is 3.59. The van der Waals surface area contributed by atoms with Crippen LogP contribution in [-0.2, 0) is 0 Å². The third kappa shape index (κ3) is 2.85. The van der Waals surface area contributed by atoms with E-state index >= 15 is 0 Å². The van der Waals surface area contributed by atoms with Gasteiger partial charge in [0.05, 0.1) is 0 Å². The highest BCUT2D eigenvalue weighted by Crippen LogP contribution is 2.61. The zero-order valence-corrected chi connectivity index (χ0v) is 11.5. The van der Waals surface area contributed by atoms with Crippen molar-refractivity contribution in [1.82, 2.24) is 10.2 Å². The van der Waals surface area contributed by atoms with Crippen LogP contribution in [0.15, 0.2) is 0 Å². The van der Waals surface area contributed by atoms with Gasteiger partial charge in [-0.15, -0.1) is 0 Å². The summed E-state index contributed by atoms with van der Waals surface area (Å²) in [5.74, 6) is 2.03. The quantitative estimate of drug-likeness (QED) is 0.762. The molecule has 2 saturated carbocycles. The smallest absolute Gasteiger partial charge is 0.00408 e. The van der Waals surface area contributed by atoms with Gasteiger partial charge < -0.3 is 10.2 Å². The van der Waals surface area contributed by atoms with Crippen LogP contribution in [0.2, 0.25) is 0 Å². The molecule has 0 bridgehead atoms. The number of likely N-dealkylation sites (tertiary alicyclic amines) is 1. The first-order chi connectivity index (χ1) is 8.18. The normalized spacial score (nSPS) is 32.3. The molecule has 3 rings (SSSR count). The molecule has 0 spiro atoms. The Balaban J connectivity index is 1.41. The first kappa shape index (κ1) is 12.0. The molecule has 1 unspecified atom stereocenters. The SMILES string of the molecule is CC(C)NCC1CCN(CC2(C3CC3)CC2)C1. The third-order valence-corrected chi connectivity index (χ3v) is 5.06. The van der Waals surface area contributed by atoms with Gasteiger partial charge in [0.15, 0.2) is 0 Å². The predicted octanol–water partition coefficient (Wildman–Crippen LogP) is 2.50. The fraction of sp³-hybridized carbons (Fsp3) is 1.00. The first-order valence-corrected chi connectivity index (χ1v) is 7.64. The standard InChI is InChI=1S/C15H28N2/c1-12(2)16-9-13-5-8-17(10-13)11-15(6-7-15)14-3-4-14/h12-14,16H,3-11H2,1-2H3. The van der Waals surface area contributed by atoms with Crippen molar-refractivity contribution >= 4 is 0 Å². The Hall–Kier alpha value is -0.0800. The maximum Gasteiger partial charge on any atom is 0.00408 e. The molecule has 98 valence electrons. The Morgan fingerprint density at radius 3 is 2.59 bits per heavy atom. The van der Waals surface area contributed by atoms with E-state index in [2.05, 4.69) is 24.1 Å². The summed E-state index contributed by atoms with van der Waals surface area (Å²) in [7, 11) is 0. The van der Waals surface area contributed by atoms with Gasteiger partial charge in [0, 0.05) is 19.1 Å². The van der Waals surface area contributed by atoms with Crippen LogP contribution >= 0.6 is 0 Å². The first-order valence-electron chi connectivity index (χ1n) is 7.64. The number of rotatable bonds is 6. The Morgan fingerprint density at radius 2 is 2.00 bits per heavy atom. The van der Waals surface area contributed by atoms with Gasteiger partial charge in [-0.2, -0.15) is 0 Å². The summed E-state index contributed by atoms with van der Waals surface area (Å²) >= 11 is 0. The lowest BCUT2D eigenvalue weighted by molar-refractivity contribution is 0.235. The van der Waals surface area contributed by atoms with E-state index in [9.17, 15) is 0 Å². The van der Waals surface area contributed by atoms with Crippen LogP contribution in [-0.4, -0.2) is 37.1 Å². The summed E-state index contributed by atoms with van der Waals surface area (Å²) in [6.45, 7) is 9.87. The van der Waals surface area contributed by atoms with E-state index in [0.29, 0.717) is 6.04 Å². The fourth-order valence-electron chi connectivity index (χ4n) is 3.62. The van der Waals surface area contributed by atoms with Gasteiger partial charge >= 0.3 is 0 Å². The molecule has 2 aliphatic carbocycles. The van der Waals surface area contributed by atoms with Crippen molar-refractivity contribution < 1.29 is 0 Å². The van der Waals surface area contributed by atoms with Crippen molar-refractivity contribution in [3.8, 4) is 0 Å². The summed E-state index contributed by atoms with van der Waals surface area (Å²) in [5, 5.41) is 3.59. The number of hydrogen-bond acceptors (Lipinski definition) is 2. The van der Waals surface area contributed by atoms with Gasteiger partial charge in [0.1, 0.15) is 0 Å². The van der Waals surface area contributed by atoms with E-state index in [1.807, 2.05) is 0 Å². The molecular weight excluding hydrogens is 208 g/mol. The minimum Gasteiger partial charge on any atom is -0.314 e. The molecule has 0 radical (unpaired) electrons. The van der Waals surface area contributed by atoms with E-state index in [1.54, 1.807) is 0 Å². The molecule has 17 heavy (non-hydrogen) atoms. The van der Waals surface area contributed by atoms with E-state index in [4.69, 9.17) is 0 Å². The van der Waals surface area contributed by atoms with Crippen molar-refractivity contribution in [2.75, 3.05) is 26.2 Å². The average molecular weight is 236 g/mol. The molecule has 1 atom stereocenters. The van der Waals surface area contributed by atoms with Crippen LogP contribution in [0.4, 0.5) is 0 Å². The second-order valence-corrected chi connectivity index (χ2v) is 7.09. The molecule has 0 amide bonds. The van der Waals surface area contributed by atoms with Crippen molar-refractivity contribution in [3.05, 3.63) is 0 Å². The molecule has 0 aromatic carbocycles. The Labute approximate surface area is 106 Å². The van der Waals surface area contributed by atoms with Crippen molar-refractivity contribution in [3.63, 3.8) is 0 Å². The lowest BCUT2D eigenvalue weighted by Gasteiger charge is -2.23. The summed E-state index contributed by atoms with van der Waals surface area (Å²) in [6, 6.07) is 0.644. The second kappa shape index (κ2) is 4.55. The van der Waals surface area contributed by atoms with Crippen LogP contribution < -0.4 is 5.32 Å². The number of hydrogen-bond donors (Lipinski definition) is 1. The third-order valence-electron chi connectivity index (χ3n) is 5.06. The van der Waals surface area contributed by atoms with Gasteiger partial charge in [-0.3, -0.25) is 0 Å². The summed E-state index contributed by atoms with van der Waals surface area (Å²) in [4.78, 5) is 2.76. The van der Waals surface area contributed by atoms with Gasteiger partial charge in [-0.05, 0) is 62.4 Å². The van der Waals surface area contributed by atoms with Crippen LogP contribution in [0, 0.1) is 17.3 Å². The minimum absolute atomic E-state index is 0.644. The highest BCUT2D eigenvalue weighted by atomic mass is 15.2. The molecule has 3 aliphatic rings. The van der Waals surface area contributed by atoms with Crippen molar-refractivity contribution in [2.24, 2.45) is 17.3 Å². The molecule has 1 heterocycles. The molecule has 1 N–H and O–H groups in total. The summed E-state index contributed by atoms with van der Waals surface area (Å²) < 4.78 is 0. The van der Waals surface area contributed by atoms with E-state index in [0.717, 1.165) is 17.3 Å². The van der Waals surface area contributed by atoms with Crippen LogP contribution in [0.3, 0.4) is 0 Å². The van der Waals surface area contributed by atoms with Crippen LogP contribution in [0.5, 0.6) is 0 Å². The molecule has 2 heteroatoms. The van der Waals surface area contributed by atoms with Crippen LogP contribution in [0.1, 0.15) is 46.0 Å². The monoisotopic (exact) mass is 236 g/mol. The highest BCUT2D eigenvalue weighted by Gasteiger charge is 2.54. The molecule has 3 fully saturated rings. The fourth-order valence-corrected chi connectivity index (χ4v) is 3.62.